The molecule has 2 heterocycles. The second-order valence-electron chi connectivity index (χ2n) is 10.2. The number of amides is 2. The first-order valence-electron chi connectivity index (χ1n) is 13.9. The van der Waals surface area contributed by atoms with Crippen LogP contribution in [0.15, 0.2) is 97.3 Å². The first-order chi connectivity index (χ1) is 20.3. The number of carbonyl (C=O) groups excluding carboxylic acids is 3. The van der Waals surface area contributed by atoms with Crippen LogP contribution in [-0.4, -0.2) is 35.0 Å². The number of hydrogen-bond acceptors (Lipinski definition) is 4. The Balaban J connectivity index is 1.39. The Bertz CT molecular complexity index is 1630. The zero-order valence-electron chi connectivity index (χ0n) is 23.7. The van der Waals surface area contributed by atoms with E-state index in [1.807, 2.05) is 95.5 Å². The van der Waals surface area contributed by atoms with Crippen molar-refractivity contribution in [3.63, 3.8) is 0 Å². The van der Waals surface area contributed by atoms with Gasteiger partial charge in [-0.1, -0.05) is 29.8 Å². The van der Waals surface area contributed by atoms with Crippen LogP contribution >= 0.6 is 11.6 Å². The van der Waals surface area contributed by atoms with Gasteiger partial charge < -0.3 is 19.1 Å². The summed E-state index contributed by atoms with van der Waals surface area (Å²) in [5, 5.41) is 0.602. The van der Waals surface area contributed by atoms with E-state index in [1.165, 1.54) is 6.08 Å². The van der Waals surface area contributed by atoms with Crippen molar-refractivity contribution in [2.45, 2.75) is 39.3 Å². The van der Waals surface area contributed by atoms with Crippen molar-refractivity contribution in [1.29, 1.82) is 0 Å². The molecule has 0 bridgehead atoms. The lowest BCUT2D eigenvalue weighted by molar-refractivity contribution is -0.137. The van der Waals surface area contributed by atoms with Crippen LogP contribution in [0.5, 0.6) is 0 Å². The standard InChI is InChI=1S/C34H32ClN3O4/c1-4-42-33(40)18-9-25-19-20-36(22-25)28-14-10-26(11-15-28)34(41)37-23(2)21-32(30-7-5-6-8-31(30)37)38(24(3)39)29-16-12-27(35)13-17-29/h5-20,22-23,32H,4,21H2,1-3H3/t23-,32+/m0/s1. The van der Waals surface area contributed by atoms with Gasteiger partial charge in [0.1, 0.15) is 0 Å². The van der Waals surface area contributed by atoms with E-state index in [0.717, 1.165) is 28.2 Å². The van der Waals surface area contributed by atoms with Crippen LogP contribution in [0.3, 0.4) is 0 Å². The third-order valence-corrected chi connectivity index (χ3v) is 7.61. The number of rotatable bonds is 7. The topological polar surface area (TPSA) is 71.8 Å². The van der Waals surface area contributed by atoms with Gasteiger partial charge in [0, 0.05) is 59.1 Å². The van der Waals surface area contributed by atoms with Crippen molar-refractivity contribution >= 4 is 46.8 Å². The molecule has 0 N–H and O–H groups in total. The minimum absolute atomic E-state index is 0.0794. The number of anilines is 2. The third kappa shape index (κ3) is 6.02. The third-order valence-electron chi connectivity index (χ3n) is 7.36. The Kier molecular flexibility index (Phi) is 8.59. The van der Waals surface area contributed by atoms with Gasteiger partial charge in [-0.25, -0.2) is 4.79 Å². The molecule has 3 aromatic carbocycles. The number of aromatic nitrogens is 1. The van der Waals surface area contributed by atoms with Crippen LogP contribution < -0.4 is 9.80 Å². The lowest BCUT2D eigenvalue weighted by atomic mass is 9.89. The van der Waals surface area contributed by atoms with Gasteiger partial charge >= 0.3 is 5.97 Å². The molecule has 0 radical (unpaired) electrons. The van der Waals surface area contributed by atoms with Crippen molar-refractivity contribution in [3.05, 3.63) is 119 Å². The van der Waals surface area contributed by atoms with E-state index in [0.29, 0.717) is 23.6 Å². The number of benzene rings is 3. The average molecular weight is 582 g/mol. The normalized spacial score (nSPS) is 16.2. The highest BCUT2D eigenvalue weighted by atomic mass is 35.5. The van der Waals surface area contributed by atoms with Crippen molar-refractivity contribution in [3.8, 4) is 5.69 Å². The summed E-state index contributed by atoms with van der Waals surface area (Å²) >= 11 is 6.11. The molecule has 0 saturated carbocycles. The summed E-state index contributed by atoms with van der Waals surface area (Å²) in [4.78, 5) is 42.1. The molecule has 0 fully saturated rings. The molecule has 5 rings (SSSR count). The van der Waals surface area contributed by atoms with E-state index in [1.54, 1.807) is 37.0 Å². The number of halogens is 1. The van der Waals surface area contributed by atoms with Crippen molar-refractivity contribution < 1.29 is 19.1 Å². The number of carbonyl (C=O) groups is 3. The molecule has 1 aromatic heterocycles. The quantitative estimate of drug-likeness (QED) is 0.170. The Labute approximate surface area is 250 Å². The molecule has 0 aliphatic carbocycles. The SMILES string of the molecule is CCOC(=O)C=Cc1ccn(-c2ccc(C(=O)N3c4ccccc4[C@H](N(C(C)=O)c4ccc(Cl)cc4)C[C@@H]3C)cc2)c1. The second kappa shape index (κ2) is 12.5. The molecule has 4 aromatic rings. The van der Waals surface area contributed by atoms with Gasteiger partial charge in [0.15, 0.2) is 0 Å². The predicted molar refractivity (Wildman–Crippen MR) is 166 cm³/mol. The highest BCUT2D eigenvalue weighted by Gasteiger charge is 2.38. The first kappa shape index (κ1) is 28.9. The van der Waals surface area contributed by atoms with E-state index in [-0.39, 0.29) is 29.9 Å². The van der Waals surface area contributed by atoms with Crippen LogP contribution in [0.4, 0.5) is 11.4 Å². The maximum atomic E-state index is 13.9. The summed E-state index contributed by atoms with van der Waals surface area (Å²) < 4.78 is 6.86. The summed E-state index contributed by atoms with van der Waals surface area (Å²) in [6, 6.07) is 24.0. The Morgan fingerprint density at radius 1 is 1.00 bits per heavy atom. The zero-order chi connectivity index (χ0) is 29.8. The summed E-state index contributed by atoms with van der Waals surface area (Å²) in [6.07, 6.45) is 7.48. The second-order valence-corrected chi connectivity index (χ2v) is 10.6. The fraction of sp³-hybridized carbons (Fsp3) is 0.206. The van der Waals surface area contributed by atoms with Gasteiger partial charge in [-0.05, 0) is 98.1 Å². The summed E-state index contributed by atoms with van der Waals surface area (Å²) in [5.41, 5.74) is 4.78. The van der Waals surface area contributed by atoms with E-state index in [2.05, 4.69) is 0 Å². The molecule has 1 aliphatic heterocycles. The number of esters is 1. The van der Waals surface area contributed by atoms with E-state index in [9.17, 15) is 14.4 Å². The molecular weight excluding hydrogens is 550 g/mol. The van der Waals surface area contributed by atoms with Crippen LogP contribution in [-0.2, 0) is 14.3 Å². The lowest BCUT2D eigenvalue weighted by Gasteiger charge is -2.43. The summed E-state index contributed by atoms with van der Waals surface area (Å²) in [7, 11) is 0. The Morgan fingerprint density at radius 3 is 2.40 bits per heavy atom. The lowest BCUT2D eigenvalue weighted by Crippen LogP contribution is -2.47. The number of para-hydroxylation sites is 1. The number of ether oxygens (including phenoxy) is 1. The van der Waals surface area contributed by atoms with E-state index in [4.69, 9.17) is 16.3 Å². The molecule has 0 spiro atoms. The molecule has 0 unspecified atom stereocenters. The van der Waals surface area contributed by atoms with Gasteiger partial charge in [-0.3, -0.25) is 9.59 Å². The van der Waals surface area contributed by atoms with Gasteiger partial charge in [0.25, 0.3) is 5.91 Å². The molecule has 7 nitrogen and oxygen atoms in total. The Hall–Kier alpha value is -4.62. The van der Waals surface area contributed by atoms with Gasteiger partial charge in [0.2, 0.25) is 5.91 Å². The average Bonchev–Trinajstić information content (AvgIpc) is 3.46. The molecule has 0 saturated heterocycles. The molecule has 1 aliphatic rings. The highest BCUT2D eigenvalue weighted by Crippen LogP contribution is 2.43. The largest absolute Gasteiger partial charge is 0.463 e. The minimum atomic E-state index is -0.382. The maximum absolute atomic E-state index is 13.9. The summed E-state index contributed by atoms with van der Waals surface area (Å²) in [5.74, 6) is -0.567. The van der Waals surface area contributed by atoms with Crippen molar-refractivity contribution in [2.24, 2.45) is 0 Å². The van der Waals surface area contributed by atoms with Crippen molar-refractivity contribution in [1.82, 2.24) is 4.57 Å². The predicted octanol–water partition coefficient (Wildman–Crippen LogP) is 7.24. The smallest absolute Gasteiger partial charge is 0.330 e. The van der Waals surface area contributed by atoms with Crippen LogP contribution in [0.1, 0.15) is 54.7 Å². The monoisotopic (exact) mass is 581 g/mol. The van der Waals surface area contributed by atoms with Crippen LogP contribution in [0.2, 0.25) is 5.02 Å². The number of hydrogen-bond donors (Lipinski definition) is 0. The molecule has 2 amide bonds. The van der Waals surface area contributed by atoms with Gasteiger partial charge in [-0.2, -0.15) is 0 Å². The molecule has 2 atom stereocenters. The summed E-state index contributed by atoms with van der Waals surface area (Å²) in [6.45, 7) is 5.67. The zero-order valence-corrected chi connectivity index (χ0v) is 24.5. The number of nitrogens with zero attached hydrogens (tertiary/aromatic N) is 3. The van der Waals surface area contributed by atoms with Gasteiger partial charge in [0.05, 0.1) is 12.6 Å². The van der Waals surface area contributed by atoms with Gasteiger partial charge in [-0.15, -0.1) is 0 Å². The Morgan fingerprint density at radius 2 is 1.71 bits per heavy atom. The molecule has 8 heteroatoms. The molecule has 42 heavy (non-hydrogen) atoms. The number of fused-ring (bicyclic) bond motifs is 1. The fourth-order valence-corrected chi connectivity index (χ4v) is 5.59. The fourth-order valence-electron chi connectivity index (χ4n) is 5.46. The van der Waals surface area contributed by atoms with Crippen LogP contribution in [0.25, 0.3) is 11.8 Å². The van der Waals surface area contributed by atoms with E-state index < -0.39 is 0 Å². The van der Waals surface area contributed by atoms with Crippen LogP contribution in [0, 0.1) is 0 Å². The highest BCUT2D eigenvalue weighted by molar-refractivity contribution is 6.30. The molecular formula is C34H32ClN3O4. The molecule has 214 valence electrons. The minimum Gasteiger partial charge on any atom is -0.463 e. The van der Waals surface area contributed by atoms with Crippen molar-refractivity contribution in [2.75, 3.05) is 16.4 Å². The maximum Gasteiger partial charge on any atom is 0.330 e. The van der Waals surface area contributed by atoms with E-state index >= 15 is 0 Å². The first-order valence-corrected chi connectivity index (χ1v) is 14.3.